The SMILES string of the molecule is C#CCCC/C=C/C(=O)c1ccc(C)cc1. The van der Waals surface area contributed by atoms with Crippen LogP contribution in [0.4, 0.5) is 0 Å². The van der Waals surface area contributed by atoms with Crippen LogP contribution in [0.25, 0.3) is 0 Å². The maximum Gasteiger partial charge on any atom is 0.185 e. The summed E-state index contributed by atoms with van der Waals surface area (Å²) < 4.78 is 0. The quantitative estimate of drug-likeness (QED) is 0.316. The molecule has 0 unspecified atom stereocenters. The molecule has 0 saturated heterocycles. The molecule has 0 N–H and O–H groups in total. The molecule has 0 fully saturated rings. The maximum absolute atomic E-state index is 11.7. The molecule has 0 amide bonds. The molecule has 82 valence electrons. The van der Waals surface area contributed by atoms with Crippen molar-refractivity contribution in [2.45, 2.75) is 26.2 Å². The van der Waals surface area contributed by atoms with Crippen molar-refractivity contribution < 1.29 is 4.79 Å². The predicted molar refractivity (Wildman–Crippen MR) is 67.3 cm³/mol. The third kappa shape index (κ3) is 4.14. The molecule has 16 heavy (non-hydrogen) atoms. The molecule has 0 spiro atoms. The zero-order valence-corrected chi connectivity index (χ0v) is 9.57. The van der Waals surface area contributed by atoms with E-state index < -0.39 is 0 Å². The molecule has 0 aliphatic heterocycles. The summed E-state index contributed by atoms with van der Waals surface area (Å²) in [6.45, 7) is 2.00. The van der Waals surface area contributed by atoms with Crippen molar-refractivity contribution in [1.29, 1.82) is 0 Å². The van der Waals surface area contributed by atoms with Crippen LogP contribution in [0.15, 0.2) is 36.4 Å². The minimum Gasteiger partial charge on any atom is -0.289 e. The Morgan fingerprint density at radius 3 is 2.69 bits per heavy atom. The van der Waals surface area contributed by atoms with E-state index >= 15 is 0 Å². The highest BCUT2D eigenvalue weighted by molar-refractivity contribution is 6.04. The first-order chi connectivity index (χ1) is 7.74. The fourth-order valence-corrected chi connectivity index (χ4v) is 1.33. The van der Waals surface area contributed by atoms with Gasteiger partial charge in [-0.2, -0.15) is 0 Å². The number of aryl methyl sites for hydroxylation is 1. The van der Waals surface area contributed by atoms with Crippen LogP contribution < -0.4 is 0 Å². The fraction of sp³-hybridized carbons (Fsp3) is 0.267. The van der Waals surface area contributed by atoms with Gasteiger partial charge in [-0.15, -0.1) is 12.3 Å². The Bertz CT molecular complexity index is 404. The molecule has 0 aliphatic carbocycles. The molecule has 0 radical (unpaired) electrons. The fourth-order valence-electron chi connectivity index (χ4n) is 1.33. The molecule has 1 aromatic rings. The van der Waals surface area contributed by atoms with Crippen LogP contribution in [0.2, 0.25) is 0 Å². The highest BCUT2D eigenvalue weighted by atomic mass is 16.1. The molecular weight excluding hydrogens is 196 g/mol. The van der Waals surface area contributed by atoms with Gasteiger partial charge in [0.1, 0.15) is 0 Å². The summed E-state index contributed by atoms with van der Waals surface area (Å²) in [4.78, 5) is 11.7. The normalized spacial score (nSPS) is 10.2. The number of allylic oxidation sites excluding steroid dienone is 2. The van der Waals surface area contributed by atoms with Crippen molar-refractivity contribution in [3.8, 4) is 12.3 Å². The van der Waals surface area contributed by atoms with E-state index in [0.717, 1.165) is 30.4 Å². The summed E-state index contributed by atoms with van der Waals surface area (Å²) in [6, 6.07) is 7.59. The summed E-state index contributed by atoms with van der Waals surface area (Å²) in [5, 5.41) is 0. The molecule has 0 bridgehead atoms. The Labute approximate surface area is 97.2 Å². The highest BCUT2D eigenvalue weighted by Crippen LogP contribution is 2.05. The lowest BCUT2D eigenvalue weighted by molar-refractivity contribution is 0.104. The van der Waals surface area contributed by atoms with Gasteiger partial charge in [-0.1, -0.05) is 35.9 Å². The number of hydrogen-bond donors (Lipinski definition) is 0. The van der Waals surface area contributed by atoms with Crippen molar-refractivity contribution in [2.24, 2.45) is 0 Å². The molecule has 1 aromatic carbocycles. The zero-order chi connectivity index (χ0) is 11.8. The van der Waals surface area contributed by atoms with Crippen molar-refractivity contribution in [2.75, 3.05) is 0 Å². The molecule has 0 atom stereocenters. The minimum absolute atomic E-state index is 0.0562. The number of hydrogen-bond acceptors (Lipinski definition) is 1. The molecule has 0 heterocycles. The van der Waals surface area contributed by atoms with Gasteiger partial charge >= 0.3 is 0 Å². The van der Waals surface area contributed by atoms with Crippen LogP contribution in [0, 0.1) is 19.3 Å². The lowest BCUT2D eigenvalue weighted by atomic mass is 10.1. The van der Waals surface area contributed by atoms with Gasteiger partial charge in [-0.05, 0) is 25.8 Å². The Hall–Kier alpha value is -1.81. The second-order valence-electron chi connectivity index (χ2n) is 3.73. The Morgan fingerprint density at radius 1 is 1.38 bits per heavy atom. The van der Waals surface area contributed by atoms with Crippen LogP contribution in [0.3, 0.4) is 0 Å². The smallest absolute Gasteiger partial charge is 0.185 e. The molecule has 0 saturated carbocycles. The lowest BCUT2D eigenvalue weighted by Gasteiger charge is -1.96. The van der Waals surface area contributed by atoms with Gasteiger partial charge in [0.05, 0.1) is 0 Å². The molecule has 0 aromatic heterocycles. The first-order valence-electron chi connectivity index (χ1n) is 5.45. The number of carbonyl (C=O) groups is 1. The van der Waals surface area contributed by atoms with Gasteiger partial charge in [0.2, 0.25) is 0 Å². The Kier molecular flexibility index (Phi) is 5.08. The number of ketones is 1. The first kappa shape index (κ1) is 12.3. The van der Waals surface area contributed by atoms with Gasteiger partial charge < -0.3 is 0 Å². The second kappa shape index (κ2) is 6.63. The summed E-state index contributed by atoms with van der Waals surface area (Å²) in [6.07, 6.45) is 11.2. The maximum atomic E-state index is 11.7. The van der Waals surface area contributed by atoms with Crippen LogP contribution in [0.5, 0.6) is 0 Å². The summed E-state index contributed by atoms with van der Waals surface area (Å²) in [5.41, 5.74) is 1.90. The van der Waals surface area contributed by atoms with Crippen molar-refractivity contribution in [3.05, 3.63) is 47.5 Å². The molecule has 1 rings (SSSR count). The van der Waals surface area contributed by atoms with Gasteiger partial charge in [-0.3, -0.25) is 4.79 Å². The van der Waals surface area contributed by atoms with Gasteiger partial charge in [-0.25, -0.2) is 0 Å². The number of rotatable bonds is 5. The van der Waals surface area contributed by atoms with Crippen molar-refractivity contribution in [3.63, 3.8) is 0 Å². The van der Waals surface area contributed by atoms with E-state index in [9.17, 15) is 4.79 Å². The van der Waals surface area contributed by atoms with E-state index in [0.29, 0.717) is 0 Å². The average molecular weight is 212 g/mol. The van der Waals surface area contributed by atoms with Crippen LogP contribution >= 0.6 is 0 Å². The molecule has 1 heteroatoms. The highest BCUT2D eigenvalue weighted by Gasteiger charge is 1.99. The number of terminal acetylenes is 1. The summed E-state index contributed by atoms with van der Waals surface area (Å²) in [5.74, 6) is 2.63. The Balaban J connectivity index is 2.46. The standard InChI is InChI=1S/C15H16O/c1-3-4-5-6-7-8-15(16)14-11-9-13(2)10-12-14/h1,7-12H,4-6H2,2H3/b8-7+. The average Bonchev–Trinajstić information content (AvgIpc) is 2.29. The predicted octanol–water partition coefficient (Wildman–Crippen LogP) is 3.54. The van der Waals surface area contributed by atoms with Gasteiger partial charge in [0.15, 0.2) is 5.78 Å². The third-order valence-electron chi connectivity index (χ3n) is 2.30. The van der Waals surface area contributed by atoms with E-state index in [1.807, 2.05) is 37.3 Å². The number of benzene rings is 1. The van der Waals surface area contributed by atoms with Gasteiger partial charge in [0.25, 0.3) is 0 Å². The van der Waals surface area contributed by atoms with E-state index in [2.05, 4.69) is 5.92 Å². The van der Waals surface area contributed by atoms with Crippen LogP contribution in [-0.4, -0.2) is 5.78 Å². The summed E-state index contributed by atoms with van der Waals surface area (Å²) in [7, 11) is 0. The van der Waals surface area contributed by atoms with E-state index in [4.69, 9.17) is 6.42 Å². The number of carbonyl (C=O) groups excluding carboxylic acids is 1. The van der Waals surface area contributed by atoms with Crippen LogP contribution in [0.1, 0.15) is 35.2 Å². The molecule has 0 aliphatic rings. The second-order valence-corrected chi connectivity index (χ2v) is 3.73. The van der Waals surface area contributed by atoms with E-state index in [1.165, 1.54) is 0 Å². The van der Waals surface area contributed by atoms with E-state index in [-0.39, 0.29) is 5.78 Å². The number of unbranched alkanes of at least 4 members (excludes halogenated alkanes) is 2. The Morgan fingerprint density at radius 2 is 2.06 bits per heavy atom. The molecular formula is C15H16O. The monoisotopic (exact) mass is 212 g/mol. The van der Waals surface area contributed by atoms with Gasteiger partial charge in [0, 0.05) is 12.0 Å². The van der Waals surface area contributed by atoms with Crippen molar-refractivity contribution in [1.82, 2.24) is 0 Å². The topological polar surface area (TPSA) is 17.1 Å². The summed E-state index contributed by atoms with van der Waals surface area (Å²) >= 11 is 0. The van der Waals surface area contributed by atoms with E-state index in [1.54, 1.807) is 6.08 Å². The largest absolute Gasteiger partial charge is 0.289 e. The van der Waals surface area contributed by atoms with Crippen molar-refractivity contribution >= 4 is 5.78 Å². The lowest BCUT2D eigenvalue weighted by Crippen LogP contribution is -1.93. The first-order valence-corrected chi connectivity index (χ1v) is 5.45. The van der Waals surface area contributed by atoms with Crippen LogP contribution in [-0.2, 0) is 0 Å². The third-order valence-corrected chi connectivity index (χ3v) is 2.30. The zero-order valence-electron chi connectivity index (χ0n) is 9.57. The minimum atomic E-state index is 0.0562. The molecule has 1 nitrogen and oxygen atoms in total.